The molecule has 1 amide bonds. The van der Waals surface area contributed by atoms with Gasteiger partial charge in [0.2, 0.25) is 0 Å². The number of amides is 1. The molecular weight excluding hydrogens is 406 g/mol. The number of nitrogens with one attached hydrogen (secondary N) is 1. The van der Waals surface area contributed by atoms with E-state index in [1.54, 1.807) is 50.0 Å². The van der Waals surface area contributed by atoms with Crippen molar-refractivity contribution in [3.63, 3.8) is 0 Å². The molecule has 5 aromatic rings. The third-order valence-corrected chi connectivity index (χ3v) is 5.07. The molecule has 0 aliphatic rings. The van der Waals surface area contributed by atoms with Crippen molar-refractivity contribution >= 4 is 16.9 Å². The summed E-state index contributed by atoms with van der Waals surface area (Å²) in [6.45, 7) is 0.349. The number of hydrogen-bond donors (Lipinski definition) is 1. The van der Waals surface area contributed by atoms with Gasteiger partial charge in [-0.25, -0.2) is 9.97 Å². The first-order chi connectivity index (χ1) is 15.7. The van der Waals surface area contributed by atoms with Crippen LogP contribution in [0.1, 0.15) is 15.9 Å². The van der Waals surface area contributed by atoms with Crippen LogP contribution in [0.25, 0.3) is 33.9 Å². The normalized spacial score (nSPS) is 10.9. The van der Waals surface area contributed by atoms with Crippen LogP contribution in [-0.2, 0) is 6.54 Å². The van der Waals surface area contributed by atoms with Crippen molar-refractivity contribution in [1.82, 2.24) is 15.3 Å². The number of methoxy groups -OCH3 is 1. The molecule has 5 rings (SSSR count). The predicted octanol–water partition coefficient (Wildman–Crippen LogP) is 5.09. The third-order valence-electron chi connectivity index (χ3n) is 5.07. The maximum absolute atomic E-state index is 12.8. The van der Waals surface area contributed by atoms with Crippen molar-refractivity contribution in [2.24, 2.45) is 0 Å². The van der Waals surface area contributed by atoms with E-state index in [0.29, 0.717) is 46.0 Å². The Labute approximate surface area is 183 Å². The van der Waals surface area contributed by atoms with Crippen molar-refractivity contribution in [2.45, 2.75) is 6.54 Å². The Morgan fingerprint density at radius 3 is 2.22 bits per heavy atom. The zero-order valence-electron chi connectivity index (χ0n) is 17.2. The molecule has 3 aromatic heterocycles. The Morgan fingerprint density at radius 2 is 1.56 bits per heavy atom. The van der Waals surface area contributed by atoms with Crippen LogP contribution in [0.4, 0.5) is 0 Å². The first-order valence-electron chi connectivity index (χ1n) is 10.0. The Balaban J connectivity index is 1.48. The second-order valence-corrected chi connectivity index (χ2v) is 7.07. The number of para-hydroxylation sites is 1. The molecule has 0 saturated carbocycles. The number of benzene rings is 2. The molecule has 3 heterocycles. The van der Waals surface area contributed by atoms with Crippen LogP contribution in [0.5, 0.6) is 5.75 Å². The molecule has 2 aromatic carbocycles. The van der Waals surface area contributed by atoms with Crippen molar-refractivity contribution in [3.05, 3.63) is 90.4 Å². The summed E-state index contributed by atoms with van der Waals surface area (Å²) in [5.41, 5.74) is 3.73. The lowest BCUT2D eigenvalue weighted by atomic mass is 10.1. The largest absolute Gasteiger partial charge is 0.496 e. The van der Waals surface area contributed by atoms with Crippen LogP contribution in [0.2, 0.25) is 0 Å². The highest BCUT2D eigenvalue weighted by Crippen LogP contribution is 2.31. The summed E-state index contributed by atoms with van der Waals surface area (Å²) in [4.78, 5) is 22.3. The van der Waals surface area contributed by atoms with E-state index in [1.165, 1.54) is 0 Å². The second kappa shape index (κ2) is 8.39. The summed E-state index contributed by atoms with van der Waals surface area (Å²) in [5, 5.41) is 2.93. The van der Waals surface area contributed by atoms with Crippen molar-refractivity contribution in [2.75, 3.05) is 7.11 Å². The molecule has 32 heavy (non-hydrogen) atoms. The Bertz CT molecular complexity index is 1380. The minimum atomic E-state index is -0.214. The van der Waals surface area contributed by atoms with Crippen molar-refractivity contribution in [1.29, 1.82) is 0 Å². The fraction of sp³-hybridized carbons (Fsp3) is 0.0800. The number of furan rings is 2. The van der Waals surface area contributed by atoms with Crippen LogP contribution in [0.15, 0.2) is 88.1 Å². The van der Waals surface area contributed by atoms with E-state index < -0.39 is 0 Å². The van der Waals surface area contributed by atoms with E-state index in [0.717, 1.165) is 11.3 Å². The van der Waals surface area contributed by atoms with E-state index in [4.69, 9.17) is 23.5 Å². The summed E-state index contributed by atoms with van der Waals surface area (Å²) in [6.07, 6.45) is 3.16. The SMILES string of the molecule is COc1ccccc1CNC(=O)c1ccc2nc(-c3ccco3)c(-c3ccco3)nc2c1. The highest BCUT2D eigenvalue weighted by atomic mass is 16.5. The average molecular weight is 425 g/mol. The van der Waals surface area contributed by atoms with Gasteiger partial charge in [-0.2, -0.15) is 0 Å². The number of ether oxygens (including phenoxy) is 1. The van der Waals surface area contributed by atoms with E-state index in [2.05, 4.69) is 5.32 Å². The van der Waals surface area contributed by atoms with Crippen LogP contribution >= 0.6 is 0 Å². The molecule has 0 saturated heterocycles. The van der Waals surface area contributed by atoms with Crippen molar-refractivity contribution in [3.8, 4) is 28.7 Å². The molecule has 0 aliphatic carbocycles. The number of carbonyl (C=O) groups is 1. The highest BCUT2D eigenvalue weighted by Gasteiger charge is 2.18. The molecular formula is C25H19N3O4. The molecule has 0 atom stereocenters. The second-order valence-electron chi connectivity index (χ2n) is 7.07. The zero-order valence-corrected chi connectivity index (χ0v) is 17.2. The minimum Gasteiger partial charge on any atom is -0.496 e. The highest BCUT2D eigenvalue weighted by molar-refractivity contribution is 5.97. The molecule has 158 valence electrons. The van der Waals surface area contributed by atoms with Gasteiger partial charge in [-0.1, -0.05) is 18.2 Å². The monoisotopic (exact) mass is 425 g/mol. The lowest BCUT2D eigenvalue weighted by Gasteiger charge is -2.10. The van der Waals surface area contributed by atoms with E-state index in [-0.39, 0.29) is 5.91 Å². The Kier molecular flexibility index (Phi) is 5.13. The number of carbonyl (C=O) groups excluding carboxylic acids is 1. The number of aromatic nitrogens is 2. The van der Waals surface area contributed by atoms with E-state index in [1.807, 2.05) is 36.4 Å². The van der Waals surface area contributed by atoms with Crippen LogP contribution in [-0.4, -0.2) is 23.0 Å². The first-order valence-corrected chi connectivity index (χ1v) is 10.0. The van der Waals surface area contributed by atoms with Gasteiger partial charge in [0.05, 0.1) is 30.7 Å². The quantitative estimate of drug-likeness (QED) is 0.408. The average Bonchev–Trinajstić information content (AvgIpc) is 3.56. The molecule has 0 radical (unpaired) electrons. The summed E-state index contributed by atoms with van der Waals surface area (Å²) in [6, 6.07) is 20.0. The van der Waals surface area contributed by atoms with Crippen LogP contribution < -0.4 is 10.1 Å². The molecule has 7 nitrogen and oxygen atoms in total. The van der Waals surface area contributed by atoms with Gasteiger partial charge in [0, 0.05) is 17.7 Å². The summed E-state index contributed by atoms with van der Waals surface area (Å²) < 4.78 is 16.4. The maximum Gasteiger partial charge on any atom is 0.251 e. The molecule has 0 spiro atoms. The van der Waals surface area contributed by atoms with Gasteiger partial charge < -0.3 is 18.9 Å². The molecule has 1 N–H and O–H groups in total. The van der Waals surface area contributed by atoms with Gasteiger partial charge >= 0.3 is 0 Å². The number of nitrogens with zero attached hydrogens (tertiary/aromatic N) is 2. The number of fused-ring (bicyclic) bond motifs is 1. The fourth-order valence-corrected chi connectivity index (χ4v) is 3.49. The van der Waals surface area contributed by atoms with Gasteiger partial charge in [-0.3, -0.25) is 4.79 Å². The Hall–Kier alpha value is -4.39. The third kappa shape index (κ3) is 3.72. The smallest absolute Gasteiger partial charge is 0.251 e. The number of rotatable bonds is 6. The maximum atomic E-state index is 12.8. The van der Waals surface area contributed by atoms with Gasteiger partial charge in [0.1, 0.15) is 17.1 Å². The van der Waals surface area contributed by atoms with Gasteiger partial charge in [-0.15, -0.1) is 0 Å². The summed E-state index contributed by atoms with van der Waals surface area (Å²) >= 11 is 0. The molecule has 7 heteroatoms. The van der Waals surface area contributed by atoms with Gasteiger partial charge in [0.25, 0.3) is 5.91 Å². The standard InChI is InChI=1S/C25H19N3O4/c1-30-20-7-3-2-6-17(20)15-26-25(29)16-10-11-18-19(14-16)28-24(22-9-5-13-32-22)23(27-18)21-8-4-12-31-21/h2-14H,15H2,1H3,(H,26,29). The topological polar surface area (TPSA) is 90.4 Å². The number of hydrogen-bond acceptors (Lipinski definition) is 6. The summed E-state index contributed by atoms with van der Waals surface area (Å²) in [5.74, 6) is 1.67. The van der Waals surface area contributed by atoms with Crippen LogP contribution in [0.3, 0.4) is 0 Å². The predicted molar refractivity (Wildman–Crippen MR) is 119 cm³/mol. The molecule has 0 fully saturated rings. The summed E-state index contributed by atoms with van der Waals surface area (Å²) in [7, 11) is 1.61. The van der Waals surface area contributed by atoms with Gasteiger partial charge in [0.15, 0.2) is 11.5 Å². The zero-order chi connectivity index (χ0) is 21.9. The minimum absolute atomic E-state index is 0.214. The molecule has 0 bridgehead atoms. The van der Waals surface area contributed by atoms with E-state index in [9.17, 15) is 4.79 Å². The fourth-order valence-electron chi connectivity index (χ4n) is 3.49. The van der Waals surface area contributed by atoms with E-state index >= 15 is 0 Å². The lowest BCUT2D eigenvalue weighted by Crippen LogP contribution is -2.23. The molecule has 0 aliphatic heterocycles. The first kappa shape index (κ1) is 19.6. The Morgan fingerprint density at radius 1 is 0.875 bits per heavy atom. The van der Waals surface area contributed by atoms with Gasteiger partial charge in [-0.05, 0) is 48.5 Å². The van der Waals surface area contributed by atoms with Crippen molar-refractivity contribution < 1.29 is 18.4 Å². The van der Waals surface area contributed by atoms with Crippen LogP contribution in [0, 0.1) is 0 Å². The molecule has 0 unspecified atom stereocenters. The lowest BCUT2D eigenvalue weighted by molar-refractivity contribution is 0.0951.